The number of imide groups is 1. The topological polar surface area (TPSA) is 76.2 Å². The molecule has 2 fully saturated rings. The van der Waals surface area contributed by atoms with Gasteiger partial charge in [-0.15, -0.1) is 0 Å². The number of anilines is 1. The van der Waals surface area contributed by atoms with Gasteiger partial charge in [0.25, 0.3) is 0 Å². The van der Waals surface area contributed by atoms with E-state index in [1.165, 1.54) is 11.6 Å². The number of allylic oxidation sites excluding steroid dienone is 1. The second kappa shape index (κ2) is 13.5. The Labute approximate surface area is 247 Å². The molecule has 0 N–H and O–H groups in total. The van der Waals surface area contributed by atoms with Crippen LogP contribution in [0.4, 0.5) is 14.9 Å². The van der Waals surface area contributed by atoms with E-state index < -0.39 is 17.8 Å². The number of benzene rings is 2. The average Bonchev–Trinajstić information content (AvgIpc) is 3.51. The number of cyclic esters (lactones) is 1. The van der Waals surface area contributed by atoms with Gasteiger partial charge in [-0.2, -0.15) is 0 Å². The highest BCUT2D eigenvalue weighted by atomic mass is 35.5. The van der Waals surface area contributed by atoms with Crippen molar-refractivity contribution in [3.63, 3.8) is 0 Å². The summed E-state index contributed by atoms with van der Waals surface area (Å²) in [6, 6.07) is 12.7. The molecule has 1 aliphatic heterocycles. The number of carbonyl (C=O) groups excluding carboxylic acids is 3. The van der Waals surface area contributed by atoms with Crippen molar-refractivity contribution in [2.75, 3.05) is 4.90 Å². The molecule has 1 heterocycles. The normalized spacial score (nSPS) is 15.6. The highest BCUT2D eigenvalue weighted by Crippen LogP contribution is 2.37. The van der Waals surface area contributed by atoms with Gasteiger partial charge in [-0.05, 0) is 70.6 Å². The molecule has 0 aromatic heterocycles. The molecule has 0 bridgehead atoms. The van der Waals surface area contributed by atoms with Gasteiger partial charge in [0.2, 0.25) is 5.91 Å². The van der Waals surface area contributed by atoms with Crippen molar-refractivity contribution < 1.29 is 28.2 Å². The van der Waals surface area contributed by atoms with Crippen LogP contribution in [0.25, 0.3) is 0 Å². The number of amides is 3. The number of hydrogen-bond acceptors (Lipinski definition) is 5. The monoisotopic (exact) mass is 586 g/mol. The third-order valence-corrected chi connectivity index (χ3v) is 7.08. The first-order valence-corrected chi connectivity index (χ1v) is 14.3. The molecule has 41 heavy (non-hydrogen) atoms. The van der Waals surface area contributed by atoms with Gasteiger partial charge in [-0.1, -0.05) is 62.7 Å². The van der Waals surface area contributed by atoms with Crippen LogP contribution < -0.4 is 9.64 Å². The van der Waals surface area contributed by atoms with Gasteiger partial charge in [0.1, 0.15) is 11.6 Å². The van der Waals surface area contributed by atoms with Crippen LogP contribution in [0.2, 0.25) is 5.02 Å². The Morgan fingerprint density at radius 2 is 1.73 bits per heavy atom. The molecular formula is C32H40ClFN2O5. The zero-order valence-corrected chi connectivity index (χ0v) is 25.7. The molecule has 9 heteroatoms. The smallest absolute Gasteiger partial charge is 0.427 e. The zero-order chi connectivity index (χ0) is 30.5. The van der Waals surface area contributed by atoms with Crippen molar-refractivity contribution in [3.8, 4) is 5.75 Å². The van der Waals surface area contributed by atoms with Crippen LogP contribution in [0.3, 0.4) is 0 Å². The van der Waals surface area contributed by atoms with Crippen molar-refractivity contribution in [1.29, 1.82) is 0 Å². The van der Waals surface area contributed by atoms with Crippen molar-refractivity contribution >= 4 is 35.2 Å². The number of carbonyl (C=O) groups is 3. The van der Waals surface area contributed by atoms with Gasteiger partial charge in [0.15, 0.2) is 5.76 Å². The van der Waals surface area contributed by atoms with Crippen LogP contribution in [0.1, 0.15) is 79.7 Å². The highest BCUT2D eigenvalue weighted by Gasteiger charge is 2.40. The predicted molar refractivity (Wildman–Crippen MR) is 158 cm³/mol. The summed E-state index contributed by atoms with van der Waals surface area (Å²) in [7, 11) is 0. The van der Waals surface area contributed by atoms with Crippen molar-refractivity contribution in [2.24, 2.45) is 5.41 Å². The molecule has 0 unspecified atom stereocenters. The lowest BCUT2D eigenvalue weighted by Gasteiger charge is -2.32. The molecule has 1 aliphatic carbocycles. The van der Waals surface area contributed by atoms with Crippen LogP contribution in [0.15, 0.2) is 53.8 Å². The first-order chi connectivity index (χ1) is 19.2. The molecule has 0 radical (unpaired) electrons. The molecule has 3 amide bonds. The van der Waals surface area contributed by atoms with Gasteiger partial charge in [0, 0.05) is 24.1 Å². The maximum Gasteiger partial charge on any atom is 0.427 e. The third-order valence-electron chi connectivity index (χ3n) is 6.78. The quantitative estimate of drug-likeness (QED) is 0.320. The van der Waals surface area contributed by atoms with Crippen molar-refractivity contribution in [1.82, 2.24) is 4.90 Å². The fourth-order valence-corrected chi connectivity index (χ4v) is 4.75. The van der Waals surface area contributed by atoms with E-state index in [4.69, 9.17) is 21.1 Å². The van der Waals surface area contributed by atoms with Crippen molar-refractivity contribution in [3.05, 3.63) is 70.2 Å². The lowest BCUT2D eigenvalue weighted by Crippen LogP contribution is -2.43. The Kier molecular flexibility index (Phi) is 10.6. The first-order valence-electron chi connectivity index (χ1n) is 13.9. The van der Waals surface area contributed by atoms with Crippen molar-refractivity contribution in [2.45, 2.75) is 92.8 Å². The maximum atomic E-state index is 14.3. The Morgan fingerprint density at radius 1 is 1.12 bits per heavy atom. The minimum atomic E-state index is -0.941. The number of nitrogens with zero attached hydrogens (tertiary/aromatic N) is 2. The largest absolute Gasteiger partial charge is 0.489 e. The van der Waals surface area contributed by atoms with E-state index in [-0.39, 0.29) is 45.7 Å². The van der Waals surface area contributed by atoms with Gasteiger partial charge in [0.05, 0.1) is 16.8 Å². The zero-order valence-electron chi connectivity index (χ0n) is 24.9. The molecule has 0 atom stereocenters. The number of ether oxygens (including phenoxy) is 2. The first kappa shape index (κ1) is 32.1. The van der Waals surface area contributed by atoms with E-state index in [1.807, 2.05) is 43.9 Å². The summed E-state index contributed by atoms with van der Waals surface area (Å²) >= 11 is 6.04. The molecular weight excluding hydrogens is 547 g/mol. The molecule has 1 saturated heterocycles. The number of rotatable bonds is 6. The van der Waals surface area contributed by atoms with E-state index in [0.717, 1.165) is 31.7 Å². The number of halogens is 2. The molecule has 2 aromatic rings. The summed E-state index contributed by atoms with van der Waals surface area (Å²) in [5, 5.41) is 0.102. The number of hydrogen-bond donors (Lipinski definition) is 0. The standard InChI is InChI=1S/C17H17ClFNO4.C15H23NO/c1-9(2)15-16(21)20(17(22)24-15)13-8-14(11(18)7-12(13)19)23-10-5-3-4-6-10;1-12(2)16(14(17)15(3,4)5)11-13-9-7-6-8-10-13/h7-8,10H,3-6H2,1-2H3;6-10,12H,11H2,1-5H3. The summed E-state index contributed by atoms with van der Waals surface area (Å²) in [5.41, 5.74) is 1.17. The minimum absolute atomic E-state index is 0.00962. The van der Waals surface area contributed by atoms with Crippen LogP contribution in [-0.2, 0) is 20.9 Å². The van der Waals surface area contributed by atoms with E-state index in [1.54, 1.807) is 13.8 Å². The maximum absolute atomic E-state index is 14.3. The fourth-order valence-electron chi connectivity index (χ4n) is 4.55. The molecule has 1 saturated carbocycles. The fraction of sp³-hybridized carbons (Fsp3) is 0.469. The van der Waals surface area contributed by atoms with Gasteiger partial charge >= 0.3 is 12.0 Å². The lowest BCUT2D eigenvalue weighted by atomic mass is 9.93. The molecule has 2 aromatic carbocycles. The minimum Gasteiger partial charge on any atom is -0.489 e. The molecule has 0 spiro atoms. The SMILES string of the molecule is CC(C)=C1OC(=O)N(c2cc(OC3CCCC3)c(Cl)cc2F)C1=O.CC(C)N(Cc1ccccc1)C(=O)C(C)(C)C. The summed E-state index contributed by atoms with van der Waals surface area (Å²) in [5.74, 6) is -1.12. The molecule has 4 rings (SSSR count). The Bertz CT molecular complexity index is 1290. The van der Waals surface area contributed by atoms with Gasteiger partial charge in [-0.25, -0.2) is 14.1 Å². The average molecular weight is 587 g/mol. The Morgan fingerprint density at radius 3 is 2.24 bits per heavy atom. The van der Waals surface area contributed by atoms with E-state index >= 15 is 0 Å². The molecule has 222 valence electrons. The summed E-state index contributed by atoms with van der Waals surface area (Å²) in [6.07, 6.45) is 3.00. The Hall–Kier alpha value is -3.39. The molecule has 7 nitrogen and oxygen atoms in total. The highest BCUT2D eigenvalue weighted by molar-refractivity contribution is 6.32. The predicted octanol–water partition coefficient (Wildman–Crippen LogP) is 8.05. The van der Waals surface area contributed by atoms with Crippen LogP contribution in [-0.4, -0.2) is 35.0 Å². The van der Waals surface area contributed by atoms with Crippen LogP contribution in [0, 0.1) is 11.2 Å². The summed E-state index contributed by atoms with van der Waals surface area (Å²) < 4.78 is 25.1. The van der Waals surface area contributed by atoms with E-state index in [2.05, 4.69) is 26.0 Å². The van der Waals surface area contributed by atoms with Crippen LogP contribution >= 0.6 is 11.6 Å². The lowest BCUT2D eigenvalue weighted by molar-refractivity contribution is -0.142. The second-order valence-electron chi connectivity index (χ2n) is 11.9. The van der Waals surface area contributed by atoms with E-state index in [9.17, 15) is 18.8 Å². The second-order valence-corrected chi connectivity index (χ2v) is 12.3. The van der Waals surface area contributed by atoms with Crippen LogP contribution in [0.5, 0.6) is 5.75 Å². The summed E-state index contributed by atoms with van der Waals surface area (Å²) in [4.78, 5) is 39.3. The van der Waals surface area contributed by atoms with E-state index in [0.29, 0.717) is 17.0 Å². The van der Waals surface area contributed by atoms with Gasteiger partial charge < -0.3 is 14.4 Å². The molecule has 2 aliphatic rings. The van der Waals surface area contributed by atoms with Gasteiger partial charge in [-0.3, -0.25) is 9.59 Å². The summed E-state index contributed by atoms with van der Waals surface area (Å²) in [6.45, 7) is 14.0. The third kappa shape index (κ3) is 8.09. The Balaban J connectivity index is 0.000000241.